The number of sulfonamides is 1. The number of aromatic nitrogens is 2. The molecule has 8 heteroatoms. The zero-order chi connectivity index (χ0) is 14.6. The van der Waals surface area contributed by atoms with Crippen LogP contribution in [0.2, 0.25) is 0 Å². The van der Waals surface area contributed by atoms with Crippen LogP contribution in [0.5, 0.6) is 0 Å². The Morgan fingerprint density at radius 3 is 2.74 bits per heavy atom. The van der Waals surface area contributed by atoms with Gasteiger partial charge in [0.2, 0.25) is 0 Å². The monoisotopic (exact) mass is 287 g/mol. The summed E-state index contributed by atoms with van der Waals surface area (Å²) >= 11 is 0. The van der Waals surface area contributed by atoms with E-state index in [4.69, 9.17) is 11.1 Å². The molecule has 0 fully saturated rings. The van der Waals surface area contributed by atoms with E-state index < -0.39 is 10.0 Å². The molecule has 3 N–H and O–H groups in total. The molecule has 0 saturated heterocycles. The zero-order valence-corrected chi connectivity index (χ0v) is 12.4. The number of nitrogens with one attached hydrogen (secondary N) is 1. The summed E-state index contributed by atoms with van der Waals surface area (Å²) in [5.41, 5.74) is 5.23. The molecule has 0 aliphatic carbocycles. The number of nitrogens with two attached hydrogens (primary N) is 1. The maximum Gasteiger partial charge on any atom is 0.261 e. The summed E-state index contributed by atoms with van der Waals surface area (Å²) in [4.78, 5) is 4.10. The van der Waals surface area contributed by atoms with Gasteiger partial charge in [0.1, 0.15) is 5.82 Å². The molecular weight excluding hydrogens is 266 g/mol. The molecular formula is C11H21N5O2S. The minimum atomic E-state index is -3.61. The van der Waals surface area contributed by atoms with E-state index in [9.17, 15) is 8.42 Å². The van der Waals surface area contributed by atoms with Crippen molar-refractivity contribution in [2.45, 2.75) is 38.3 Å². The lowest BCUT2D eigenvalue weighted by molar-refractivity contribution is 0.475. The number of imidazole rings is 1. The van der Waals surface area contributed by atoms with E-state index in [0.29, 0.717) is 5.82 Å². The first-order valence-electron chi connectivity index (χ1n) is 6.12. The van der Waals surface area contributed by atoms with E-state index in [-0.39, 0.29) is 23.8 Å². The fraction of sp³-hybridized carbons (Fsp3) is 0.636. The van der Waals surface area contributed by atoms with Crippen molar-refractivity contribution in [2.75, 3.05) is 13.6 Å². The molecule has 7 nitrogen and oxygen atoms in total. The molecule has 1 aromatic heterocycles. The van der Waals surface area contributed by atoms with E-state index in [1.807, 2.05) is 11.5 Å². The Labute approximate surface area is 114 Å². The zero-order valence-electron chi connectivity index (χ0n) is 11.5. The first-order chi connectivity index (χ1) is 8.78. The third kappa shape index (κ3) is 3.77. The van der Waals surface area contributed by atoms with Crippen LogP contribution in [0.15, 0.2) is 11.2 Å². The second-order valence-electron chi connectivity index (χ2n) is 4.42. The third-order valence-electron chi connectivity index (χ3n) is 2.79. The van der Waals surface area contributed by atoms with E-state index in [1.165, 1.54) is 11.4 Å². The lowest BCUT2D eigenvalue weighted by Crippen LogP contribution is -2.30. The maximum atomic E-state index is 12.3. The number of hydrogen-bond acceptors (Lipinski definition) is 4. The van der Waals surface area contributed by atoms with Gasteiger partial charge >= 0.3 is 0 Å². The van der Waals surface area contributed by atoms with Crippen LogP contribution in [0.3, 0.4) is 0 Å². The van der Waals surface area contributed by atoms with Crippen LogP contribution in [-0.4, -0.2) is 41.7 Å². The Morgan fingerprint density at radius 1 is 1.58 bits per heavy atom. The van der Waals surface area contributed by atoms with Gasteiger partial charge in [0, 0.05) is 32.8 Å². The van der Waals surface area contributed by atoms with Crippen LogP contribution in [0.4, 0.5) is 0 Å². The van der Waals surface area contributed by atoms with Gasteiger partial charge in [0.25, 0.3) is 10.0 Å². The summed E-state index contributed by atoms with van der Waals surface area (Å²) in [5, 5.41) is 7.17. The summed E-state index contributed by atoms with van der Waals surface area (Å²) < 4.78 is 27.5. The van der Waals surface area contributed by atoms with Crippen LogP contribution in [0, 0.1) is 12.3 Å². The van der Waals surface area contributed by atoms with Gasteiger partial charge in [0.05, 0.1) is 5.84 Å². The normalized spacial score (nSPS) is 12.0. The van der Waals surface area contributed by atoms with Gasteiger partial charge in [-0.25, -0.2) is 13.4 Å². The van der Waals surface area contributed by atoms with Gasteiger partial charge in [-0.2, -0.15) is 4.31 Å². The van der Waals surface area contributed by atoms with Crippen molar-refractivity contribution in [3.63, 3.8) is 0 Å². The molecule has 19 heavy (non-hydrogen) atoms. The number of rotatable bonds is 7. The Morgan fingerprint density at radius 2 is 2.21 bits per heavy atom. The highest BCUT2D eigenvalue weighted by atomic mass is 32.2. The molecule has 1 aromatic rings. The van der Waals surface area contributed by atoms with Crippen LogP contribution in [0.25, 0.3) is 0 Å². The number of hydrogen-bond donors (Lipinski definition) is 2. The molecule has 0 radical (unpaired) electrons. The molecule has 0 saturated carbocycles. The van der Waals surface area contributed by atoms with E-state index >= 15 is 0 Å². The van der Waals surface area contributed by atoms with Crippen LogP contribution < -0.4 is 5.73 Å². The van der Waals surface area contributed by atoms with Gasteiger partial charge in [-0.15, -0.1) is 0 Å². The average molecular weight is 287 g/mol. The summed E-state index contributed by atoms with van der Waals surface area (Å²) in [6, 6.07) is 0. The highest BCUT2D eigenvalue weighted by Crippen LogP contribution is 2.14. The Bertz CT molecular complexity index is 549. The molecule has 1 rings (SSSR count). The quantitative estimate of drug-likeness (QED) is 0.564. The van der Waals surface area contributed by atoms with E-state index in [2.05, 4.69) is 4.98 Å². The molecule has 0 unspecified atom stereocenters. The second-order valence-corrected chi connectivity index (χ2v) is 6.41. The first-order valence-corrected chi connectivity index (χ1v) is 7.56. The molecule has 0 aliphatic rings. The van der Waals surface area contributed by atoms with Crippen LogP contribution >= 0.6 is 0 Å². The summed E-state index contributed by atoms with van der Waals surface area (Å²) in [5.74, 6) is 0.648. The fourth-order valence-corrected chi connectivity index (χ4v) is 2.79. The molecule has 0 amide bonds. The average Bonchev–Trinajstić information content (AvgIpc) is 2.69. The van der Waals surface area contributed by atoms with Gasteiger partial charge < -0.3 is 10.3 Å². The van der Waals surface area contributed by atoms with Gasteiger partial charge in [-0.3, -0.25) is 5.41 Å². The predicted molar refractivity (Wildman–Crippen MR) is 73.6 cm³/mol. The molecule has 108 valence electrons. The predicted octanol–water partition coefficient (Wildman–Crippen LogP) is 0.548. The Hall–Kier alpha value is -1.41. The second kappa shape index (κ2) is 6.16. The Balaban J connectivity index is 2.93. The van der Waals surface area contributed by atoms with Crippen molar-refractivity contribution < 1.29 is 8.42 Å². The van der Waals surface area contributed by atoms with Crippen molar-refractivity contribution >= 4 is 15.9 Å². The summed E-state index contributed by atoms with van der Waals surface area (Å²) in [6.07, 6.45) is 2.68. The smallest absolute Gasteiger partial charge is 0.261 e. The van der Waals surface area contributed by atoms with Crippen molar-refractivity contribution in [1.29, 1.82) is 5.41 Å². The maximum absolute atomic E-state index is 12.3. The van der Waals surface area contributed by atoms with Crippen molar-refractivity contribution in [3.8, 4) is 0 Å². The minimum absolute atomic E-state index is 0.0326. The van der Waals surface area contributed by atoms with Gasteiger partial charge in [-0.1, -0.05) is 6.92 Å². The van der Waals surface area contributed by atoms with E-state index in [1.54, 1.807) is 13.1 Å². The molecule has 0 bridgehead atoms. The van der Waals surface area contributed by atoms with Crippen molar-refractivity contribution in [1.82, 2.24) is 13.9 Å². The van der Waals surface area contributed by atoms with Crippen molar-refractivity contribution in [3.05, 3.63) is 12.0 Å². The SMILES string of the molecule is CCCn1cc(S(=O)(=O)N(C)CCC(=N)N)nc1C. The first kappa shape index (κ1) is 15.6. The van der Waals surface area contributed by atoms with Crippen LogP contribution in [-0.2, 0) is 16.6 Å². The minimum Gasteiger partial charge on any atom is -0.388 e. The van der Waals surface area contributed by atoms with Gasteiger partial charge in [-0.05, 0) is 13.3 Å². The standard InChI is InChI=1S/C11H21N5O2S/c1-4-6-16-8-11(14-9(16)2)19(17,18)15(3)7-5-10(12)13/h8H,4-7H2,1-3H3,(H3,12,13). The summed E-state index contributed by atoms with van der Waals surface area (Å²) in [6.45, 7) is 4.72. The molecule has 0 aromatic carbocycles. The lowest BCUT2D eigenvalue weighted by atomic mass is 10.4. The largest absolute Gasteiger partial charge is 0.388 e. The molecule has 0 atom stereocenters. The number of nitrogens with zero attached hydrogens (tertiary/aromatic N) is 3. The number of amidine groups is 1. The topological polar surface area (TPSA) is 105 Å². The third-order valence-corrected chi connectivity index (χ3v) is 4.52. The highest BCUT2D eigenvalue weighted by Gasteiger charge is 2.24. The Kier molecular flexibility index (Phi) is 5.07. The molecule has 0 spiro atoms. The molecule has 0 aliphatic heterocycles. The number of aryl methyl sites for hydroxylation is 2. The lowest BCUT2D eigenvalue weighted by Gasteiger charge is -2.14. The van der Waals surface area contributed by atoms with Crippen LogP contribution in [0.1, 0.15) is 25.6 Å². The summed E-state index contributed by atoms with van der Waals surface area (Å²) in [7, 11) is -2.14. The fourth-order valence-electron chi connectivity index (χ4n) is 1.63. The van der Waals surface area contributed by atoms with E-state index in [0.717, 1.165) is 13.0 Å². The van der Waals surface area contributed by atoms with Crippen molar-refractivity contribution in [2.24, 2.45) is 5.73 Å². The molecule has 1 heterocycles. The van der Waals surface area contributed by atoms with Gasteiger partial charge in [0.15, 0.2) is 5.03 Å². The highest BCUT2D eigenvalue weighted by molar-refractivity contribution is 7.89.